The number of rotatable bonds is 3. The lowest BCUT2D eigenvalue weighted by atomic mass is 10.2. The highest BCUT2D eigenvalue weighted by Crippen LogP contribution is 2.31. The fourth-order valence-electron chi connectivity index (χ4n) is 1.47. The number of phenolic OH excluding ortho intramolecular Hbond substituents is 1. The van der Waals surface area contributed by atoms with Gasteiger partial charge in [-0.15, -0.1) is 0 Å². The first-order chi connectivity index (χ1) is 8.58. The van der Waals surface area contributed by atoms with Gasteiger partial charge in [0.15, 0.2) is 11.5 Å². The molecule has 0 fully saturated rings. The first kappa shape index (κ1) is 12.9. The summed E-state index contributed by atoms with van der Waals surface area (Å²) in [6.45, 7) is 0.162. The van der Waals surface area contributed by atoms with Crippen LogP contribution in [0.15, 0.2) is 36.4 Å². The van der Waals surface area contributed by atoms with Crippen molar-refractivity contribution < 1.29 is 9.84 Å². The van der Waals surface area contributed by atoms with E-state index in [1.165, 1.54) is 6.07 Å². The van der Waals surface area contributed by atoms with E-state index in [1.807, 2.05) is 0 Å². The van der Waals surface area contributed by atoms with Crippen molar-refractivity contribution in [2.45, 2.75) is 6.61 Å². The number of halogens is 2. The van der Waals surface area contributed by atoms with E-state index >= 15 is 0 Å². The number of aromatic hydroxyl groups is 1. The molecule has 0 atom stereocenters. The van der Waals surface area contributed by atoms with Gasteiger partial charge >= 0.3 is 0 Å². The van der Waals surface area contributed by atoms with Crippen molar-refractivity contribution in [2.75, 3.05) is 5.73 Å². The molecule has 0 saturated heterocycles. The molecular weight excluding hydrogens is 273 g/mol. The third-order valence-corrected chi connectivity index (χ3v) is 3.13. The van der Waals surface area contributed by atoms with E-state index in [4.69, 9.17) is 33.7 Å². The Morgan fingerprint density at radius 2 is 1.78 bits per heavy atom. The number of nitrogens with two attached hydrogens (primary N) is 1. The van der Waals surface area contributed by atoms with Gasteiger partial charge in [-0.25, -0.2) is 0 Å². The summed E-state index contributed by atoms with van der Waals surface area (Å²) in [5.74, 6) is 0.318. The highest BCUT2D eigenvalue weighted by molar-refractivity contribution is 6.35. The molecule has 0 spiro atoms. The maximum atomic E-state index is 9.61. The Kier molecular flexibility index (Phi) is 3.84. The van der Waals surface area contributed by atoms with Crippen molar-refractivity contribution >= 4 is 28.9 Å². The van der Waals surface area contributed by atoms with Gasteiger partial charge in [-0.1, -0.05) is 29.3 Å². The second-order valence-corrected chi connectivity index (χ2v) is 4.53. The summed E-state index contributed by atoms with van der Waals surface area (Å²) in [7, 11) is 0. The maximum Gasteiger partial charge on any atom is 0.163 e. The van der Waals surface area contributed by atoms with Crippen LogP contribution < -0.4 is 10.5 Å². The van der Waals surface area contributed by atoms with Gasteiger partial charge in [0.05, 0.1) is 0 Å². The largest absolute Gasteiger partial charge is 0.504 e. The van der Waals surface area contributed by atoms with E-state index in [0.717, 1.165) is 0 Å². The summed E-state index contributed by atoms with van der Waals surface area (Å²) in [4.78, 5) is 0. The summed E-state index contributed by atoms with van der Waals surface area (Å²) in [6, 6.07) is 9.81. The van der Waals surface area contributed by atoms with E-state index in [1.54, 1.807) is 30.3 Å². The molecule has 0 aliphatic carbocycles. The molecule has 18 heavy (non-hydrogen) atoms. The standard InChI is InChI=1S/C13H11Cl2NO2/c14-10-2-1-3-11(15)9(10)7-18-13-6-8(16)4-5-12(13)17/h1-6,17H,7,16H2. The van der Waals surface area contributed by atoms with Crippen LogP contribution in [0, 0.1) is 0 Å². The van der Waals surface area contributed by atoms with Gasteiger partial charge in [-0.3, -0.25) is 0 Å². The molecule has 94 valence electrons. The van der Waals surface area contributed by atoms with Crippen molar-refractivity contribution in [3.63, 3.8) is 0 Å². The Bertz CT molecular complexity index is 553. The molecule has 0 aliphatic rings. The van der Waals surface area contributed by atoms with E-state index in [0.29, 0.717) is 27.0 Å². The van der Waals surface area contributed by atoms with E-state index in [2.05, 4.69) is 0 Å². The molecule has 0 amide bonds. The molecule has 0 unspecified atom stereocenters. The molecule has 2 aromatic carbocycles. The summed E-state index contributed by atoms with van der Waals surface area (Å²) >= 11 is 12.0. The molecule has 5 heteroatoms. The predicted octanol–water partition coefficient (Wildman–Crippen LogP) is 3.86. The topological polar surface area (TPSA) is 55.5 Å². The zero-order valence-electron chi connectivity index (χ0n) is 9.36. The summed E-state index contributed by atoms with van der Waals surface area (Å²) < 4.78 is 5.47. The number of hydrogen-bond acceptors (Lipinski definition) is 3. The molecule has 0 radical (unpaired) electrons. The second kappa shape index (κ2) is 5.38. The molecule has 0 aromatic heterocycles. The minimum atomic E-state index is 0.0207. The van der Waals surface area contributed by atoms with Gasteiger partial charge in [0, 0.05) is 27.4 Å². The lowest BCUT2D eigenvalue weighted by Gasteiger charge is -2.11. The first-order valence-corrected chi connectivity index (χ1v) is 5.97. The third-order valence-electron chi connectivity index (χ3n) is 2.42. The summed E-state index contributed by atoms with van der Waals surface area (Å²) in [5, 5.41) is 10.6. The highest BCUT2D eigenvalue weighted by Gasteiger charge is 2.08. The maximum absolute atomic E-state index is 9.61. The molecule has 2 rings (SSSR count). The number of hydrogen-bond donors (Lipinski definition) is 2. The fraction of sp³-hybridized carbons (Fsp3) is 0.0769. The van der Waals surface area contributed by atoms with Gasteiger partial charge in [0.2, 0.25) is 0 Å². The number of phenols is 1. The Labute approximate surface area is 115 Å². The van der Waals surface area contributed by atoms with E-state index in [9.17, 15) is 5.11 Å². The van der Waals surface area contributed by atoms with Crippen LogP contribution in [0.3, 0.4) is 0 Å². The first-order valence-electron chi connectivity index (χ1n) is 5.22. The fourth-order valence-corrected chi connectivity index (χ4v) is 1.97. The average Bonchev–Trinajstić information content (AvgIpc) is 2.33. The molecule has 0 heterocycles. The van der Waals surface area contributed by atoms with E-state index in [-0.39, 0.29) is 12.4 Å². The number of anilines is 1. The van der Waals surface area contributed by atoms with Crippen LogP contribution in [-0.2, 0) is 6.61 Å². The summed E-state index contributed by atoms with van der Waals surface area (Å²) in [5.41, 5.74) is 6.79. The minimum Gasteiger partial charge on any atom is -0.504 e. The van der Waals surface area contributed by atoms with Crippen LogP contribution in [0.5, 0.6) is 11.5 Å². The van der Waals surface area contributed by atoms with Crippen LogP contribution >= 0.6 is 23.2 Å². The van der Waals surface area contributed by atoms with Crippen molar-refractivity contribution in [1.29, 1.82) is 0 Å². The highest BCUT2D eigenvalue weighted by atomic mass is 35.5. The number of benzene rings is 2. The number of nitrogen functional groups attached to an aromatic ring is 1. The lowest BCUT2D eigenvalue weighted by molar-refractivity contribution is 0.289. The minimum absolute atomic E-state index is 0.0207. The van der Waals surface area contributed by atoms with Gasteiger partial charge in [-0.2, -0.15) is 0 Å². The zero-order valence-corrected chi connectivity index (χ0v) is 10.9. The SMILES string of the molecule is Nc1ccc(O)c(OCc2c(Cl)cccc2Cl)c1. The van der Waals surface area contributed by atoms with Crippen LogP contribution in [0.4, 0.5) is 5.69 Å². The van der Waals surface area contributed by atoms with Gasteiger partial charge in [0.25, 0.3) is 0 Å². The smallest absolute Gasteiger partial charge is 0.163 e. The monoisotopic (exact) mass is 283 g/mol. The van der Waals surface area contributed by atoms with Crippen LogP contribution in [0.1, 0.15) is 5.56 Å². The molecule has 3 N–H and O–H groups in total. The average molecular weight is 284 g/mol. The molecular formula is C13H11Cl2NO2. The molecule has 2 aromatic rings. The van der Waals surface area contributed by atoms with Gasteiger partial charge in [0.1, 0.15) is 6.61 Å². The van der Waals surface area contributed by atoms with E-state index < -0.39 is 0 Å². The zero-order chi connectivity index (χ0) is 13.1. The summed E-state index contributed by atoms with van der Waals surface area (Å²) in [6.07, 6.45) is 0. The lowest BCUT2D eigenvalue weighted by Crippen LogP contribution is -1.98. The molecule has 0 saturated carbocycles. The Morgan fingerprint density at radius 1 is 1.11 bits per heavy atom. The van der Waals surface area contributed by atoms with Gasteiger partial charge in [-0.05, 0) is 24.3 Å². The Hall–Kier alpha value is -1.58. The van der Waals surface area contributed by atoms with Crippen molar-refractivity contribution in [1.82, 2.24) is 0 Å². The third kappa shape index (κ3) is 2.81. The molecule has 0 aliphatic heterocycles. The molecule has 0 bridgehead atoms. The normalized spacial score (nSPS) is 10.3. The van der Waals surface area contributed by atoms with Crippen molar-refractivity contribution in [3.8, 4) is 11.5 Å². The number of ether oxygens (including phenoxy) is 1. The Balaban J connectivity index is 2.19. The quantitative estimate of drug-likeness (QED) is 0.664. The van der Waals surface area contributed by atoms with Crippen molar-refractivity contribution in [3.05, 3.63) is 52.0 Å². The van der Waals surface area contributed by atoms with Crippen LogP contribution in [0.2, 0.25) is 10.0 Å². The van der Waals surface area contributed by atoms with Crippen LogP contribution in [0.25, 0.3) is 0 Å². The Morgan fingerprint density at radius 3 is 2.44 bits per heavy atom. The molecule has 3 nitrogen and oxygen atoms in total. The van der Waals surface area contributed by atoms with Crippen LogP contribution in [-0.4, -0.2) is 5.11 Å². The predicted molar refractivity (Wildman–Crippen MR) is 73.3 cm³/mol. The second-order valence-electron chi connectivity index (χ2n) is 3.72. The van der Waals surface area contributed by atoms with Crippen molar-refractivity contribution in [2.24, 2.45) is 0 Å². The van der Waals surface area contributed by atoms with Gasteiger partial charge < -0.3 is 15.6 Å².